The number of nitrogens with zero attached hydrogens (tertiary/aromatic N) is 3. The lowest BCUT2D eigenvalue weighted by molar-refractivity contribution is 0.669. The van der Waals surface area contributed by atoms with Gasteiger partial charge in [-0.25, -0.2) is 0 Å². The first-order valence-electron chi connectivity index (χ1n) is 11.1. The van der Waals surface area contributed by atoms with Gasteiger partial charge in [0.05, 0.1) is 16.6 Å². The van der Waals surface area contributed by atoms with E-state index in [-0.39, 0.29) is 0 Å². The van der Waals surface area contributed by atoms with Crippen LogP contribution in [0.15, 0.2) is 108 Å². The monoisotopic (exact) mass is 435 g/mol. The Kier molecular flexibility index (Phi) is 3.88. The summed E-state index contributed by atoms with van der Waals surface area (Å²) in [6, 6.07) is 33.5. The van der Waals surface area contributed by atoms with Crippen molar-refractivity contribution >= 4 is 43.7 Å². The lowest BCUT2D eigenvalue weighted by atomic mass is 10.1. The van der Waals surface area contributed by atoms with Gasteiger partial charge in [-0.2, -0.15) is 5.26 Å². The highest BCUT2D eigenvalue weighted by atomic mass is 16.3. The molecule has 0 spiro atoms. The van der Waals surface area contributed by atoms with Crippen molar-refractivity contribution in [2.45, 2.75) is 0 Å². The van der Waals surface area contributed by atoms with Gasteiger partial charge < -0.3 is 8.98 Å². The SMILES string of the molecule is N#Cc1cncc(-c2cccc(-n3c4ccccc4c4cc5oc6ccccc6c5cc43)c2)c1. The molecule has 0 N–H and O–H groups in total. The summed E-state index contributed by atoms with van der Waals surface area (Å²) in [4.78, 5) is 4.24. The molecule has 0 saturated carbocycles. The number of para-hydroxylation sites is 2. The molecule has 7 rings (SSSR count). The highest BCUT2D eigenvalue weighted by Gasteiger charge is 2.16. The Labute approximate surface area is 194 Å². The minimum absolute atomic E-state index is 0.550. The van der Waals surface area contributed by atoms with Crippen molar-refractivity contribution in [2.24, 2.45) is 0 Å². The molecule has 0 fully saturated rings. The molecule has 0 bridgehead atoms. The fourth-order valence-corrected chi connectivity index (χ4v) is 4.95. The number of aromatic nitrogens is 2. The maximum Gasteiger partial charge on any atom is 0.136 e. The van der Waals surface area contributed by atoms with Crippen LogP contribution in [0.1, 0.15) is 5.56 Å². The van der Waals surface area contributed by atoms with E-state index >= 15 is 0 Å². The van der Waals surface area contributed by atoms with Crippen LogP contribution in [0.25, 0.3) is 60.6 Å². The molecular weight excluding hydrogens is 418 g/mol. The maximum absolute atomic E-state index is 9.29. The summed E-state index contributed by atoms with van der Waals surface area (Å²) in [6.45, 7) is 0. The molecule has 0 atom stereocenters. The third kappa shape index (κ3) is 2.68. The molecule has 0 aliphatic carbocycles. The molecule has 0 unspecified atom stereocenters. The van der Waals surface area contributed by atoms with E-state index in [1.54, 1.807) is 12.4 Å². The first kappa shape index (κ1) is 18.7. The van der Waals surface area contributed by atoms with E-state index in [4.69, 9.17) is 4.42 Å². The number of rotatable bonds is 2. The minimum atomic E-state index is 0.550. The normalized spacial score (nSPS) is 11.5. The zero-order valence-electron chi connectivity index (χ0n) is 18.1. The molecule has 0 aliphatic heterocycles. The van der Waals surface area contributed by atoms with Gasteiger partial charge in [-0.3, -0.25) is 4.98 Å². The van der Waals surface area contributed by atoms with E-state index in [2.05, 4.69) is 82.4 Å². The molecule has 4 nitrogen and oxygen atoms in total. The summed E-state index contributed by atoms with van der Waals surface area (Å²) >= 11 is 0. The van der Waals surface area contributed by atoms with Crippen molar-refractivity contribution in [1.29, 1.82) is 5.26 Å². The quantitative estimate of drug-likeness (QED) is 0.281. The predicted molar refractivity (Wildman–Crippen MR) is 136 cm³/mol. The van der Waals surface area contributed by atoms with Gasteiger partial charge in [0.2, 0.25) is 0 Å². The fourth-order valence-electron chi connectivity index (χ4n) is 4.95. The van der Waals surface area contributed by atoms with Crippen LogP contribution in [0.4, 0.5) is 0 Å². The summed E-state index contributed by atoms with van der Waals surface area (Å²) in [5.74, 6) is 0. The zero-order valence-corrected chi connectivity index (χ0v) is 18.1. The van der Waals surface area contributed by atoms with Gasteiger partial charge in [-0.15, -0.1) is 0 Å². The van der Waals surface area contributed by atoms with Crippen LogP contribution in [0, 0.1) is 11.3 Å². The van der Waals surface area contributed by atoms with Crippen LogP contribution in [0.5, 0.6) is 0 Å². The number of nitriles is 1. The number of pyridine rings is 1. The molecule has 34 heavy (non-hydrogen) atoms. The molecule has 0 radical (unpaired) electrons. The van der Waals surface area contributed by atoms with Gasteiger partial charge in [0.25, 0.3) is 0 Å². The number of hydrogen-bond donors (Lipinski definition) is 0. The van der Waals surface area contributed by atoms with E-state index in [1.807, 2.05) is 24.3 Å². The smallest absolute Gasteiger partial charge is 0.136 e. The van der Waals surface area contributed by atoms with E-state index in [0.29, 0.717) is 5.56 Å². The second kappa shape index (κ2) is 7.06. The van der Waals surface area contributed by atoms with Gasteiger partial charge in [0, 0.05) is 45.2 Å². The van der Waals surface area contributed by atoms with E-state index in [9.17, 15) is 5.26 Å². The molecule has 4 aromatic carbocycles. The van der Waals surface area contributed by atoms with Crippen molar-refractivity contribution in [2.75, 3.05) is 0 Å². The van der Waals surface area contributed by atoms with Gasteiger partial charge in [0.15, 0.2) is 0 Å². The Hall–Kier alpha value is -4.88. The highest BCUT2D eigenvalue weighted by molar-refractivity contribution is 6.17. The van der Waals surface area contributed by atoms with E-state index < -0.39 is 0 Å². The van der Waals surface area contributed by atoms with Crippen molar-refractivity contribution in [3.05, 3.63) is 109 Å². The zero-order chi connectivity index (χ0) is 22.6. The Morgan fingerprint density at radius 3 is 2.41 bits per heavy atom. The van der Waals surface area contributed by atoms with Crippen LogP contribution in [0.3, 0.4) is 0 Å². The van der Waals surface area contributed by atoms with Crippen molar-refractivity contribution < 1.29 is 4.42 Å². The molecule has 158 valence electrons. The van der Waals surface area contributed by atoms with Gasteiger partial charge in [-0.1, -0.05) is 48.5 Å². The first-order valence-corrected chi connectivity index (χ1v) is 11.1. The van der Waals surface area contributed by atoms with E-state index in [1.165, 1.54) is 5.39 Å². The molecule has 4 heteroatoms. The fraction of sp³-hybridized carbons (Fsp3) is 0. The summed E-state index contributed by atoms with van der Waals surface area (Å²) in [7, 11) is 0. The molecule has 7 aromatic rings. The van der Waals surface area contributed by atoms with Gasteiger partial charge >= 0.3 is 0 Å². The second-order valence-electron chi connectivity index (χ2n) is 8.44. The molecule has 3 heterocycles. The largest absolute Gasteiger partial charge is 0.456 e. The Morgan fingerprint density at radius 2 is 1.50 bits per heavy atom. The molecule has 0 saturated heterocycles. The molecule has 3 aromatic heterocycles. The number of benzene rings is 4. The van der Waals surface area contributed by atoms with Crippen LogP contribution >= 0.6 is 0 Å². The Morgan fingerprint density at radius 1 is 0.647 bits per heavy atom. The summed E-state index contributed by atoms with van der Waals surface area (Å²) < 4.78 is 8.48. The van der Waals surface area contributed by atoms with Crippen LogP contribution < -0.4 is 0 Å². The lowest BCUT2D eigenvalue weighted by Crippen LogP contribution is -1.94. The number of fused-ring (bicyclic) bond motifs is 6. The van der Waals surface area contributed by atoms with Crippen LogP contribution in [0.2, 0.25) is 0 Å². The third-order valence-electron chi connectivity index (χ3n) is 6.48. The summed E-state index contributed by atoms with van der Waals surface area (Å²) in [6.07, 6.45) is 3.38. The second-order valence-corrected chi connectivity index (χ2v) is 8.44. The summed E-state index contributed by atoms with van der Waals surface area (Å²) in [5, 5.41) is 13.8. The van der Waals surface area contributed by atoms with Gasteiger partial charge in [0.1, 0.15) is 17.2 Å². The highest BCUT2D eigenvalue weighted by Crippen LogP contribution is 2.38. The minimum Gasteiger partial charge on any atom is -0.456 e. The predicted octanol–water partition coefficient (Wildman–Crippen LogP) is 7.62. The maximum atomic E-state index is 9.29. The Balaban J connectivity index is 1.55. The molecular formula is C30H17N3O. The first-order chi connectivity index (χ1) is 16.8. The average Bonchev–Trinajstić information content (AvgIpc) is 3.42. The standard InChI is InChI=1S/C30H17N3O/c31-16-19-12-21(18-32-17-19)20-6-5-7-22(13-20)33-27-10-3-1-8-23(27)25-15-30-26(14-28(25)33)24-9-2-4-11-29(24)34-30/h1-15,17-18H. The third-order valence-corrected chi connectivity index (χ3v) is 6.48. The average molecular weight is 435 g/mol. The van der Waals surface area contributed by atoms with Crippen molar-refractivity contribution in [3.8, 4) is 22.9 Å². The lowest BCUT2D eigenvalue weighted by Gasteiger charge is -2.10. The molecule has 0 aliphatic rings. The van der Waals surface area contributed by atoms with Crippen LogP contribution in [-0.4, -0.2) is 9.55 Å². The van der Waals surface area contributed by atoms with Crippen molar-refractivity contribution in [3.63, 3.8) is 0 Å². The molecule has 0 amide bonds. The number of hydrogen-bond acceptors (Lipinski definition) is 3. The van der Waals surface area contributed by atoms with E-state index in [0.717, 1.165) is 55.2 Å². The van der Waals surface area contributed by atoms with Gasteiger partial charge in [-0.05, 0) is 48.0 Å². The topological polar surface area (TPSA) is 54.8 Å². The van der Waals surface area contributed by atoms with Crippen LogP contribution in [-0.2, 0) is 0 Å². The van der Waals surface area contributed by atoms with Crippen molar-refractivity contribution in [1.82, 2.24) is 9.55 Å². The number of furan rings is 1. The summed E-state index contributed by atoms with van der Waals surface area (Å²) in [5.41, 5.74) is 7.59. The Bertz CT molecular complexity index is 1930.